The third-order valence-electron chi connectivity index (χ3n) is 5.47. The maximum Gasteiger partial charge on any atom is 0.268 e. The number of halogens is 1. The van der Waals surface area contributed by atoms with E-state index in [0.29, 0.717) is 24.3 Å². The van der Waals surface area contributed by atoms with Gasteiger partial charge < -0.3 is 14.8 Å². The van der Waals surface area contributed by atoms with E-state index in [1.54, 1.807) is 12.3 Å². The number of carbonyl (C=O) groups is 1. The first kappa shape index (κ1) is 17.1. The minimum Gasteiger partial charge on any atom is -0.367 e. The lowest BCUT2D eigenvalue weighted by Crippen LogP contribution is -2.43. The van der Waals surface area contributed by atoms with Gasteiger partial charge in [0.2, 0.25) is 5.43 Å². The SMILES string of the molecule is O=C(c1cn(C2CC2)c2cc(N3CCNCC3)c(F)cc2c1=O)n1ccnc1. The van der Waals surface area contributed by atoms with Gasteiger partial charge in [-0.25, -0.2) is 9.37 Å². The van der Waals surface area contributed by atoms with Crippen LogP contribution in [0.4, 0.5) is 10.1 Å². The van der Waals surface area contributed by atoms with Crippen LogP contribution in [-0.2, 0) is 0 Å². The van der Waals surface area contributed by atoms with Gasteiger partial charge in [0.1, 0.15) is 17.7 Å². The second-order valence-corrected chi connectivity index (χ2v) is 7.34. The number of aromatic nitrogens is 3. The van der Waals surface area contributed by atoms with E-state index in [1.165, 1.54) is 29.4 Å². The average Bonchev–Trinajstić information content (AvgIpc) is 3.41. The number of benzene rings is 1. The van der Waals surface area contributed by atoms with E-state index in [9.17, 15) is 14.0 Å². The van der Waals surface area contributed by atoms with E-state index in [1.807, 2.05) is 9.47 Å². The molecule has 1 aliphatic heterocycles. The molecule has 7 nitrogen and oxygen atoms in total. The van der Waals surface area contributed by atoms with E-state index in [0.717, 1.165) is 25.9 Å². The number of nitrogens with zero attached hydrogens (tertiary/aromatic N) is 4. The molecular weight excluding hydrogens is 361 g/mol. The van der Waals surface area contributed by atoms with E-state index in [-0.39, 0.29) is 17.0 Å². The summed E-state index contributed by atoms with van der Waals surface area (Å²) in [4.78, 5) is 31.7. The molecule has 1 aromatic carbocycles. The van der Waals surface area contributed by atoms with Crippen LogP contribution in [0.25, 0.3) is 10.9 Å². The van der Waals surface area contributed by atoms with Crippen LogP contribution in [0.15, 0.2) is 41.8 Å². The normalized spacial score (nSPS) is 17.2. The number of pyridine rings is 1. The summed E-state index contributed by atoms with van der Waals surface area (Å²) < 4.78 is 18.2. The minimum absolute atomic E-state index is 0.0340. The van der Waals surface area contributed by atoms with Crippen molar-refractivity contribution >= 4 is 22.5 Å². The van der Waals surface area contributed by atoms with Crippen molar-refractivity contribution in [2.45, 2.75) is 18.9 Å². The Balaban J connectivity index is 1.70. The van der Waals surface area contributed by atoms with Crippen LogP contribution < -0.4 is 15.6 Å². The topological polar surface area (TPSA) is 72.2 Å². The van der Waals surface area contributed by atoms with Crippen LogP contribution in [0, 0.1) is 5.82 Å². The third-order valence-corrected chi connectivity index (χ3v) is 5.47. The number of nitrogens with one attached hydrogen (secondary N) is 1. The van der Waals surface area contributed by atoms with Gasteiger partial charge in [0.25, 0.3) is 5.91 Å². The molecule has 28 heavy (non-hydrogen) atoms. The standard InChI is InChI=1S/C20H20FN5O2/c21-16-9-14-17(10-18(16)24-6-3-22-4-7-24)26(13-1-2-13)11-15(19(14)27)20(28)25-8-5-23-12-25/h5,8-13,22H,1-4,6-7H2. The first-order valence-corrected chi connectivity index (χ1v) is 9.50. The highest BCUT2D eigenvalue weighted by atomic mass is 19.1. The van der Waals surface area contributed by atoms with Crippen molar-refractivity contribution in [2.75, 3.05) is 31.1 Å². The van der Waals surface area contributed by atoms with Crippen molar-refractivity contribution in [3.8, 4) is 0 Å². The molecule has 1 saturated carbocycles. The van der Waals surface area contributed by atoms with Crippen molar-refractivity contribution < 1.29 is 9.18 Å². The second-order valence-electron chi connectivity index (χ2n) is 7.34. The lowest BCUT2D eigenvalue weighted by Gasteiger charge is -2.30. The van der Waals surface area contributed by atoms with Crippen molar-refractivity contribution in [2.24, 2.45) is 0 Å². The van der Waals surface area contributed by atoms with Gasteiger partial charge in [-0.2, -0.15) is 0 Å². The van der Waals surface area contributed by atoms with Crippen molar-refractivity contribution in [1.29, 1.82) is 0 Å². The smallest absolute Gasteiger partial charge is 0.268 e. The summed E-state index contributed by atoms with van der Waals surface area (Å²) in [5, 5.41) is 3.50. The maximum atomic E-state index is 14.9. The molecule has 3 aromatic rings. The molecule has 1 saturated heterocycles. The fourth-order valence-corrected chi connectivity index (χ4v) is 3.83. The van der Waals surface area contributed by atoms with Gasteiger partial charge in [0.05, 0.1) is 11.2 Å². The van der Waals surface area contributed by atoms with E-state index in [2.05, 4.69) is 10.3 Å². The molecule has 1 aliphatic carbocycles. The summed E-state index contributed by atoms with van der Waals surface area (Å²) in [5.41, 5.74) is 0.782. The number of rotatable bonds is 3. The van der Waals surface area contributed by atoms with E-state index < -0.39 is 17.2 Å². The number of anilines is 1. The van der Waals surface area contributed by atoms with E-state index in [4.69, 9.17) is 0 Å². The average molecular weight is 381 g/mol. The van der Waals surface area contributed by atoms with Crippen LogP contribution in [0.1, 0.15) is 29.2 Å². The quantitative estimate of drug-likeness (QED) is 0.749. The Morgan fingerprint density at radius 2 is 2.00 bits per heavy atom. The number of imidazole rings is 1. The zero-order chi connectivity index (χ0) is 19.3. The molecule has 3 heterocycles. The van der Waals surface area contributed by atoms with Gasteiger partial charge >= 0.3 is 0 Å². The van der Waals surface area contributed by atoms with Crippen molar-refractivity contribution in [1.82, 2.24) is 19.4 Å². The lowest BCUT2D eigenvalue weighted by molar-refractivity contribution is 0.0958. The number of hydrogen-bond acceptors (Lipinski definition) is 5. The number of fused-ring (bicyclic) bond motifs is 1. The Kier molecular flexibility index (Phi) is 4.01. The Morgan fingerprint density at radius 3 is 2.68 bits per heavy atom. The van der Waals surface area contributed by atoms with Gasteiger partial charge in [-0.05, 0) is 25.0 Å². The van der Waals surface area contributed by atoms with Crippen LogP contribution >= 0.6 is 0 Å². The largest absolute Gasteiger partial charge is 0.367 e. The van der Waals surface area contributed by atoms with Gasteiger partial charge in [0.15, 0.2) is 0 Å². The summed E-state index contributed by atoms with van der Waals surface area (Å²) in [6.45, 7) is 3.02. The molecule has 0 atom stereocenters. The van der Waals surface area contributed by atoms with Gasteiger partial charge in [0, 0.05) is 56.2 Å². The Labute approximate surface area is 160 Å². The third kappa shape index (κ3) is 2.80. The molecule has 0 amide bonds. The highest BCUT2D eigenvalue weighted by molar-refractivity contribution is 5.99. The zero-order valence-electron chi connectivity index (χ0n) is 15.3. The Hall–Kier alpha value is -3.00. The molecular formula is C20H20FN5O2. The highest BCUT2D eigenvalue weighted by Crippen LogP contribution is 2.38. The van der Waals surface area contributed by atoms with Crippen LogP contribution in [-0.4, -0.2) is 46.2 Å². The predicted molar refractivity (Wildman–Crippen MR) is 103 cm³/mol. The fourth-order valence-electron chi connectivity index (χ4n) is 3.83. The second kappa shape index (κ2) is 6.56. The molecule has 0 spiro atoms. The summed E-state index contributed by atoms with van der Waals surface area (Å²) in [5.74, 6) is -0.883. The lowest BCUT2D eigenvalue weighted by atomic mass is 10.1. The van der Waals surface area contributed by atoms with Crippen molar-refractivity contribution in [3.05, 3.63) is 58.7 Å². The first-order valence-electron chi connectivity index (χ1n) is 9.50. The van der Waals surface area contributed by atoms with Gasteiger partial charge in [-0.3, -0.25) is 14.2 Å². The van der Waals surface area contributed by atoms with Gasteiger partial charge in [-0.15, -0.1) is 0 Å². The first-order chi connectivity index (χ1) is 13.6. The summed E-state index contributed by atoms with van der Waals surface area (Å²) >= 11 is 0. The predicted octanol–water partition coefficient (Wildman–Crippen LogP) is 1.77. The molecule has 0 unspecified atom stereocenters. The Morgan fingerprint density at radius 1 is 1.21 bits per heavy atom. The van der Waals surface area contributed by atoms with Gasteiger partial charge in [-0.1, -0.05) is 0 Å². The zero-order valence-corrected chi connectivity index (χ0v) is 15.3. The summed E-state index contributed by atoms with van der Waals surface area (Å²) in [6.07, 6.45) is 7.94. The van der Waals surface area contributed by atoms with Crippen LogP contribution in [0.3, 0.4) is 0 Å². The highest BCUT2D eigenvalue weighted by Gasteiger charge is 2.28. The molecule has 0 radical (unpaired) electrons. The van der Waals surface area contributed by atoms with E-state index >= 15 is 0 Å². The summed E-state index contributed by atoms with van der Waals surface area (Å²) in [7, 11) is 0. The minimum atomic E-state index is -0.453. The summed E-state index contributed by atoms with van der Waals surface area (Å²) in [6, 6.07) is 3.29. The number of piperazine rings is 1. The number of carbonyl (C=O) groups excluding carboxylic acids is 1. The molecule has 0 bridgehead atoms. The maximum absolute atomic E-state index is 14.9. The monoisotopic (exact) mass is 381 g/mol. The molecule has 2 aliphatic rings. The molecule has 2 aromatic heterocycles. The Bertz CT molecular complexity index is 1110. The van der Waals surface area contributed by atoms with Crippen molar-refractivity contribution in [3.63, 3.8) is 0 Å². The molecule has 2 fully saturated rings. The molecule has 1 N–H and O–H groups in total. The fraction of sp³-hybridized carbons (Fsp3) is 0.350. The van der Waals surface area contributed by atoms with Crippen LogP contribution in [0.2, 0.25) is 0 Å². The molecule has 144 valence electrons. The van der Waals surface area contributed by atoms with Crippen LogP contribution in [0.5, 0.6) is 0 Å². The molecule has 5 rings (SSSR count). The molecule has 8 heteroatoms. The number of hydrogen-bond donors (Lipinski definition) is 1.